The van der Waals surface area contributed by atoms with Gasteiger partial charge in [0, 0.05) is 12.1 Å². The Balaban J connectivity index is 2.01. The summed E-state index contributed by atoms with van der Waals surface area (Å²) in [6, 6.07) is 9.24. The first-order valence-corrected chi connectivity index (χ1v) is 8.25. The van der Waals surface area contributed by atoms with Crippen LogP contribution >= 0.6 is 12.1 Å². The van der Waals surface area contributed by atoms with Crippen molar-refractivity contribution in [3.63, 3.8) is 0 Å². The number of halogens is 1. The first-order valence-electron chi connectivity index (χ1n) is 7.48. The topological polar surface area (TPSA) is 94.0 Å². The van der Waals surface area contributed by atoms with Crippen molar-refractivity contribution in [1.82, 2.24) is 14.3 Å². The molecule has 0 atom stereocenters. The van der Waals surface area contributed by atoms with E-state index in [-0.39, 0.29) is 22.6 Å². The van der Waals surface area contributed by atoms with E-state index in [1.54, 1.807) is 16.4 Å². The molecule has 2 N–H and O–H groups in total. The molecule has 1 aromatic heterocycles. The van der Waals surface area contributed by atoms with Crippen molar-refractivity contribution < 1.29 is 9.13 Å². The van der Waals surface area contributed by atoms with Gasteiger partial charge in [0.15, 0.2) is 11.6 Å². The number of anilines is 1. The van der Waals surface area contributed by atoms with Crippen molar-refractivity contribution in [3.8, 4) is 17.6 Å². The van der Waals surface area contributed by atoms with Crippen LogP contribution in [0.3, 0.4) is 0 Å². The van der Waals surface area contributed by atoms with E-state index in [0.29, 0.717) is 16.6 Å². The number of ether oxygens (including phenoxy) is 1. The van der Waals surface area contributed by atoms with Crippen molar-refractivity contribution in [2.75, 3.05) is 18.8 Å². The average Bonchev–Trinajstić information content (AvgIpc) is 2.62. The fourth-order valence-electron chi connectivity index (χ4n) is 2.22. The molecule has 1 heterocycles. The van der Waals surface area contributed by atoms with Crippen LogP contribution in [0.25, 0.3) is 10.9 Å². The summed E-state index contributed by atoms with van der Waals surface area (Å²) in [6.07, 6.45) is 1.30. The number of hydrogen-bond donors (Lipinski definition) is 2. The fraction of sp³-hybridized carbons (Fsp3) is 0.118. The Labute approximate surface area is 152 Å². The Kier molecular flexibility index (Phi) is 5.06. The normalized spacial score (nSPS) is 10.7. The molecule has 9 heteroatoms. The third kappa shape index (κ3) is 3.61. The summed E-state index contributed by atoms with van der Waals surface area (Å²) in [6.45, 7) is 0. The summed E-state index contributed by atoms with van der Waals surface area (Å²) < 4.78 is 24.6. The maximum absolute atomic E-state index is 14.3. The van der Waals surface area contributed by atoms with Gasteiger partial charge in [-0.25, -0.2) is 13.7 Å². The number of aromatic amines is 1. The molecule has 0 aliphatic heterocycles. The van der Waals surface area contributed by atoms with Crippen LogP contribution in [-0.2, 0) is 0 Å². The standard InChI is InChI=1S/C17H14FN5O2S/c1-23(2)26-22-15-6-4-13(18)16(12(15)8-19)25-10-3-5-14-11(7-10)17(24)21-9-20-14/h3-7,9,22H,1-2H3,(H,20,21,24). The number of fused-ring (bicyclic) bond motifs is 1. The van der Waals surface area contributed by atoms with Crippen LogP contribution in [-0.4, -0.2) is 28.4 Å². The average molecular weight is 371 g/mol. The molecule has 0 saturated heterocycles. The van der Waals surface area contributed by atoms with Crippen LogP contribution in [0.15, 0.2) is 41.5 Å². The molecule has 3 aromatic rings. The van der Waals surface area contributed by atoms with Crippen molar-refractivity contribution in [2.24, 2.45) is 0 Å². The molecule has 0 saturated carbocycles. The summed E-state index contributed by atoms with van der Waals surface area (Å²) in [5.74, 6) is -0.664. The van der Waals surface area contributed by atoms with Gasteiger partial charge >= 0.3 is 0 Å². The SMILES string of the molecule is CN(C)SNc1ccc(F)c(Oc2ccc3nc[nH]c(=O)c3c2)c1C#N. The molecule has 0 unspecified atom stereocenters. The third-order valence-electron chi connectivity index (χ3n) is 3.39. The lowest BCUT2D eigenvalue weighted by atomic mass is 10.1. The van der Waals surface area contributed by atoms with Gasteiger partial charge in [-0.3, -0.25) is 4.79 Å². The van der Waals surface area contributed by atoms with Crippen LogP contribution in [0.1, 0.15) is 5.56 Å². The van der Waals surface area contributed by atoms with Crippen LogP contribution in [0, 0.1) is 17.1 Å². The number of benzene rings is 2. The fourth-order valence-corrected chi connectivity index (χ4v) is 2.67. The van der Waals surface area contributed by atoms with Crippen molar-refractivity contribution in [3.05, 3.63) is 58.4 Å². The maximum Gasteiger partial charge on any atom is 0.258 e. The van der Waals surface area contributed by atoms with E-state index >= 15 is 0 Å². The third-order valence-corrected chi connectivity index (χ3v) is 4.07. The molecule has 0 fully saturated rings. The van der Waals surface area contributed by atoms with Gasteiger partial charge < -0.3 is 14.4 Å². The monoisotopic (exact) mass is 371 g/mol. The number of rotatable bonds is 5. The molecule has 7 nitrogen and oxygen atoms in total. The van der Waals surface area contributed by atoms with Gasteiger partial charge in [0.25, 0.3) is 5.56 Å². The van der Waals surface area contributed by atoms with Gasteiger partial charge in [-0.2, -0.15) is 5.26 Å². The highest BCUT2D eigenvalue weighted by Crippen LogP contribution is 2.34. The summed E-state index contributed by atoms with van der Waals surface area (Å²) >= 11 is 1.24. The molecule has 0 spiro atoms. The van der Waals surface area contributed by atoms with E-state index in [4.69, 9.17) is 4.74 Å². The Hall–Kier alpha value is -3.09. The number of nitriles is 1. The van der Waals surface area contributed by atoms with E-state index in [9.17, 15) is 14.4 Å². The first-order chi connectivity index (χ1) is 12.5. The van der Waals surface area contributed by atoms with Crippen LogP contribution in [0.5, 0.6) is 11.5 Å². The molecule has 0 amide bonds. The molecular formula is C17H14FN5O2S. The number of aromatic nitrogens is 2. The second-order valence-electron chi connectivity index (χ2n) is 5.43. The van der Waals surface area contributed by atoms with Crippen molar-refractivity contribution in [1.29, 1.82) is 5.26 Å². The summed E-state index contributed by atoms with van der Waals surface area (Å²) in [5, 5.41) is 9.77. The first kappa shape index (κ1) is 17.7. The lowest BCUT2D eigenvalue weighted by Crippen LogP contribution is -2.07. The Morgan fingerprint density at radius 3 is 2.88 bits per heavy atom. The molecule has 0 bridgehead atoms. The second-order valence-corrected chi connectivity index (χ2v) is 6.55. The molecule has 0 radical (unpaired) electrons. The number of H-pyrrole nitrogens is 1. The zero-order chi connectivity index (χ0) is 18.7. The molecule has 0 aliphatic carbocycles. The van der Waals surface area contributed by atoms with Gasteiger partial charge in [-0.1, -0.05) is 0 Å². The molecule has 132 valence electrons. The Morgan fingerprint density at radius 1 is 1.35 bits per heavy atom. The van der Waals surface area contributed by atoms with Crippen LogP contribution < -0.4 is 15.0 Å². The zero-order valence-electron chi connectivity index (χ0n) is 13.9. The molecule has 0 aliphatic rings. The van der Waals surface area contributed by atoms with Crippen LogP contribution in [0.4, 0.5) is 10.1 Å². The van der Waals surface area contributed by atoms with Gasteiger partial charge in [0.2, 0.25) is 0 Å². The highest BCUT2D eigenvalue weighted by atomic mass is 32.2. The number of hydrogen-bond acceptors (Lipinski definition) is 7. The number of nitrogens with zero attached hydrogens (tertiary/aromatic N) is 3. The van der Waals surface area contributed by atoms with E-state index in [1.807, 2.05) is 20.2 Å². The molecule has 26 heavy (non-hydrogen) atoms. The minimum atomic E-state index is -0.679. The Bertz CT molecular complexity index is 1060. The lowest BCUT2D eigenvalue weighted by molar-refractivity contribution is 0.441. The molecule has 2 aromatic carbocycles. The van der Waals surface area contributed by atoms with Crippen molar-refractivity contribution in [2.45, 2.75) is 0 Å². The smallest absolute Gasteiger partial charge is 0.258 e. The summed E-state index contributed by atoms with van der Waals surface area (Å²) in [5.41, 5.74) is 0.599. The highest BCUT2D eigenvalue weighted by molar-refractivity contribution is 7.98. The van der Waals surface area contributed by atoms with E-state index < -0.39 is 5.82 Å². The van der Waals surface area contributed by atoms with E-state index in [0.717, 1.165) is 0 Å². The highest BCUT2D eigenvalue weighted by Gasteiger charge is 2.17. The van der Waals surface area contributed by atoms with Gasteiger partial charge in [0.1, 0.15) is 17.4 Å². The van der Waals surface area contributed by atoms with Crippen molar-refractivity contribution >= 4 is 28.7 Å². The molecular weight excluding hydrogens is 357 g/mol. The predicted molar refractivity (Wildman–Crippen MR) is 98.5 cm³/mol. The summed E-state index contributed by atoms with van der Waals surface area (Å²) in [7, 11) is 3.65. The minimum absolute atomic E-state index is 0.0274. The van der Waals surface area contributed by atoms with Gasteiger partial charge in [-0.05, 0) is 44.4 Å². The van der Waals surface area contributed by atoms with Crippen LogP contribution in [0.2, 0.25) is 0 Å². The quantitative estimate of drug-likeness (QED) is 0.665. The Morgan fingerprint density at radius 2 is 2.15 bits per heavy atom. The van der Waals surface area contributed by atoms with Gasteiger partial charge in [-0.15, -0.1) is 0 Å². The van der Waals surface area contributed by atoms with E-state index in [2.05, 4.69) is 14.7 Å². The maximum atomic E-state index is 14.3. The molecule has 3 rings (SSSR count). The lowest BCUT2D eigenvalue weighted by Gasteiger charge is -2.15. The second kappa shape index (κ2) is 7.43. The largest absolute Gasteiger partial charge is 0.453 e. The zero-order valence-corrected chi connectivity index (χ0v) is 14.7. The predicted octanol–water partition coefficient (Wildman–Crippen LogP) is 3.26. The van der Waals surface area contributed by atoms with Gasteiger partial charge in [0.05, 0.1) is 22.9 Å². The number of nitrogens with one attached hydrogen (secondary N) is 2. The minimum Gasteiger partial charge on any atom is -0.453 e. The van der Waals surface area contributed by atoms with E-state index in [1.165, 1.54) is 36.7 Å². The summed E-state index contributed by atoms with van der Waals surface area (Å²) in [4.78, 5) is 18.4.